The van der Waals surface area contributed by atoms with Crippen LogP contribution in [0.25, 0.3) is 0 Å². The fraction of sp³-hybridized carbons (Fsp3) is 0.448. The summed E-state index contributed by atoms with van der Waals surface area (Å²) in [6, 6.07) is 16.6. The first-order valence-corrected chi connectivity index (χ1v) is 13.7. The van der Waals surface area contributed by atoms with Gasteiger partial charge in [-0.3, -0.25) is 9.69 Å². The molecule has 1 amide bonds. The predicted octanol–water partition coefficient (Wildman–Crippen LogP) is 2.59. The topological polar surface area (TPSA) is 97.7 Å². The molecule has 3 aliphatic rings. The summed E-state index contributed by atoms with van der Waals surface area (Å²) in [6.07, 6.45) is 6.37. The van der Waals surface area contributed by atoms with Crippen molar-refractivity contribution in [2.75, 3.05) is 42.9 Å². The Bertz CT molecular complexity index is 1250. The minimum absolute atomic E-state index is 0.0620. The number of rotatable bonds is 5. The summed E-state index contributed by atoms with van der Waals surface area (Å²) in [5, 5.41) is 14.5. The molecule has 0 spiro atoms. The van der Waals surface area contributed by atoms with E-state index in [-0.39, 0.29) is 18.0 Å². The number of hydrogen-bond acceptors (Lipinski definition) is 8. The van der Waals surface area contributed by atoms with Gasteiger partial charge in [0.25, 0.3) is 5.91 Å². The van der Waals surface area contributed by atoms with Gasteiger partial charge in [-0.05, 0) is 48.9 Å². The van der Waals surface area contributed by atoms with E-state index in [1.807, 2.05) is 24.4 Å². The highest BCUT2D eigenvalue weighted by atomic mass is 16.3. The molecule has 0 saturated carbocycles. The van der Waals surface area contributed by atoms with Gasteiger partial charge in [-0.1, -0.05) is 30.3 Å². The molecular formula is C29H35N7O2. The van der Waals surface area contributed by atoms with Crippen LogP contribution < -0.4 is 10.2 Å². The number of pyridine rings is 1. The molecule has 9 nitrogen and oxygen atoms in total. The first-order chi connectivity index (χ1) is 18.6. The van der Waals surface area contributed by atoms with Crippen molar-refractivity contribution in [3.05, 3.63) is 77.9 Å². The number of nitrogens with zero attached hydrogens (tertiary/aromatic N) is 6. The number of carbonyl (C=O) groups excluding carboxylic acids is 1. The molecule has 0 unspecified atom stereocenters. The molecule has 0 aliphatic carbocycles. The summed E-state index contributed by atoms with van der Waals surface area (Å²) in [4.78, 5) is 32.8. The number of hydrogen-bond donors (Lipinski definition) is 2. The second-order valence-corrected chi connectivity index (χ2v) is 10.5. The minimum Gasteiger partial charge on any atom is -0.390 e. The van der Waals surface area contributed by atoms with Crippen LogP contribution in [0.3, 0.4) is 0 Å². The molecule has 6 rings (SSSR count). The second-order valence-electron chi connectivity index (χ2n) is 10.5. The van der Waals surface area contributed by atoms with Crippen LogP contribution in [0.4, 0.5) is 11.6 Å². The van der Waals surface area contributed by atoms with E-state index in [0.29, 0.717) is 24.6 Å². The average Bonchev–Trinajstić information content (AvgIpc) is 2.97. The molecule has 1 aromatic carbocycles. The summed E-state index contributed by atoms with van der Waals surface area (Å²) in [7, 11) is 0. The van der Waals surface area contributed by atoms with E-state index in [0.717, 1.165) is 57.7 Å². The van der Waals surface area contributed by atoms with E-state index in [1.165, 1.54) is 17.5 Å². The van der Waals surface area contributed by atoms with Gasteiger partial charge in [0.15, 0.2) is 0 Å². The molecule has 2 saturated heterocycles. The lowest BCUT2D eigenvalue weighted by Crippen LogP contribution is -2.56. The Kier molecular flexibility index (Phi) is 7.20. The quantitative estimate of drug-likeness (QED) is 0.537. The van der Waals surface area contributed by atoms with Crippen LogP contribution in [0, 0.1) is 0 Å². The number of carbonyl (C=O) groups is 1. The van der Waals surface area contributed by atoms with Gasteiger partial charge in [0.1, 0.15) is 23.7 Å². The van der Waals surface area contributed by atoms with Crippen LogP contribution in [0.2, 0.25) is 0 Å². The molecule has 3 aromatic rings. The van der Waals surface area contributed by atoms with E-state index in [2.05, 4.69) is 54.3 Å². The van der Waals surface area contributed by atoms with Gasteiger partial charge in [0, 0.05) is 63.6 Å². The van der Waals surface area contributed by atoms with Crippen molar-refractivity contribution < 1.29 is 9.90 Å². The van der Waals surface area contributed by atoms with Crippen molar-refractivity contribution in [2.45, 2.75) is 50.4 Å². The van der Waals surface area contributed by atoms with E-state index in [9.17, 15) is 9.90 Å². The molecule has 2 aromatic heterocycles. The van der Waals surface area contributed by atoms with Crippen molar-refractivity contribution in [2.24, 2.45) is 0 Å². The van der Waals surface area contributed by atoms with Gasteiger partial charge in [0.05, 0.1) is 6.10 Å². The van der Waals surface area contributed by atoms with Crippen LogP contribution in [0.5, 0.6) is 0 Å². The number of aliphatic hydroxyl groups is 1. The number of piperidine rings is 2. The zero-order valence-corrected chi connectivity index (χ0v) is 21.6. The van der Waals surface area contributed by atoms with Gasteiger partial charge in [-0.2, -0.15) is 0 Å². The molecule has 2 N–H and O–H groups in total. The number of likely N-dealkylation sites (tertiary alicyclic amines) is 1. The fourth-order valence-electron chi connectivity index (χ4n) is 6.05. The van der Waals surface area contributed by atoms with E-state index in [4.69, 9.17) is 0 Å². The monoisotopic (exact) mass is 513 g/mol. The highest BCUT2D eigenvalue weighted by molar-refractivity contribution is 5.93. The molecule has 38 heavy (non-hydrogen) atoms. The lowest BCUT2D eigenvalue weighted by molar-refractivity contribution is -0.0139. The lowest BCUT2D eigenvalue weighted by Gasteiger charge is -2.43. The Hall–Kier alpha value is -3.56. The average molecular weight is 514 g/mol. The lowest BCUT2D eigenvalue weighted by atomic mass is 9.94. The number of fused-ring (bicyclic) bond motifs is 1. The van der Waals surface area contributed by atoms with E-state index < -0.39 is 6.10 Å². The Morgan fingerprint density at radius 2 is 1.74 bits per heavy atom. The Labute approximate surface area is 223 Å². The third-order valence-electron chi connectivity index (χ3n) is 8.17. The SMILES string of the molecule is O=C(c1cc(NC2CCN(c3ccccn3)CC2)ncn1)N1CC[C@@H](N2CCc3ccccc3C2)[C@H](O)C1. The van der Waals surface area contributed by atoms with Crippen molar-refractivity contribution in [1.29, 1.82) is 0 Å². The Morgan fingerprint density at radius 1 is 0.921 bits per heavy atom. The zero-order valence-electron chi connectivity index (χ0n) is 21.6. The van der Waals surface area contributed by atoms with E-state index in [1.54, 1.807) is 11.0 Å². The largest absolute Gasteiger partial charge is 0.390 e. The maximum atomic E-state index is 13.3. The fourth-order valence-corrected chi connectivity index (χ4v) is 6.05. The van der Waals surface area contributed by atoms with Crippen molar-refractivity contribution in [3.8, 4) is 0 Å². The molecule has 3 aliphatic heterocycles. The van der Waals surface area contributed by atoms with Crippen molar-refractivity contribution in [1.82, 2.24) is 24.8 Å². The minimum atomic E-state index is -0.582. The summed E-state index contributed by atoms with van der Waals surface area (Å²) < 4.78 is 0. The molecule has 2 atom stereocenters. The van der Waals surface area contributed by atoms with Gasteiger partial charge in [-0.15, -0.1) is 0 Å². The molecule has 2 fully saturated rings. The standard InChI is InChI=1S/C29H35N7O2/c37-26-19-36(16-11-25(26)35-13-8-21-5-1-2-6-22(21)18-35)29(38)24-17-27(32-20-31-24)33-23-9-14-34(15-10-23)28-7-3-4-12-30-28/h1-7,12,17,20,23,25-26,37H,8-11,13-16,18-19H2,(H,31,32,33)/t25-,26-/m1/s1. The zero-order chi connectivity index (χ0) is 25.9. The number of anilines is 2. The van der Waals surface area contributed by atoms with Crippen LogP contribution in [-0.4, -0.2) is 86.7 Å². The van der Waals surface area contributed by atoms with Gasteiger partial charge < -0.3 is 20.2 Å². The van der Waals surface area contributed by atoms with Crippen LogP contribution in [-0.2, 0) is 13.0 Å². The van der Waals surface area contributed by atoms with Gasteiger partial charge in [0.2, 0.25) is 0 Å². The molecule has 198 valence electrons. The third kappa shape index (κ3) is 5.35. The highest BCUT2D eigenvalue weighted by Gasteiger charge is 2.35. The number of β-amino-alcohol motifs (C(OH)–C–C–N with tert-alkyl or cyclic N) is 1. The molecule has 0 bridgehead atoms. The van der Waals surface area contributed by atoms with E-state index >= 15 is 0 Å². The Morgan fingerprint density at radius 3 is 2.53 bits per heavy atom. The van der Waals surface area contributed by atoms with Gasteiger partial charge in [-0.25, -0.2) is 15.0 Å². The summed E-state index contributed by atoms with van der Waals surface area (Å²) in [6.45, 7) is 4.56. The highest BCUT2D eigenvalue weighted by Crippen LogP contribution is 2.26. The number of amides is 1. The first-order valence-electron chi connectivity index (χ1n) is 13.7. The van der Waals surface area contributed by atoms with Crippen LogP contribution in [0.15, 0.2) is 61.1 Å². The molecular weight excluding hydrogens is 478 g/mol. The second kappa shape index (κ2) is 11.0. The van der Waals surface area contributed by atoms with Gasteiger partial charge >= 0.3 is 0 Å². The van der Waals surface area contributed by atoms with Crippen molar-refractivity contribution in [3.63, 3.8) is 0 Å². The third-order valence-corrected chi connectivity index (χ3v) is 8.17. The normalized spacial score (nSPS) is 22.7. The number of nitrogens with one attached hydrogen (secondary N) is 1. The van der Waals surface area contributed by atoms with Crippen LogP contribution >= 0.6 is 0 Å². The molecule has 5 heterocycles. The van der Waals surface area contributed by atoms with Crippen molar-refractivity contribution >= 4 is 17.5 Å². The van der Waals surface area contributed by atoms with Crippen LogP contribution in [0.1, 0.15) is 40.9 Å². The smallest absolute Gasteiger partial charge is 0.272 e. The Balaban J connectivity index is 1.03. The first kappa shape index (κ1) is 24.8. The summed E-state index contributed by atoms with van der Waals surface area (Å²) >= 11 is 0. The maximum Gasteiger partial charge on any atom is 0.272 e. The number of aliphatic hydroxyl groups excluding tert-OH is 1. The summed E-state index contributed by atoms with van der Waals surface area (Å²) in [5.74, 6) is 1.53. The number of benzene rings is 1. The maximum absolute atomic E-state index is 13.3. The molecule has 0 radical (unpaired) electrons. The summed E-state index contributed by atoms with van der Waals surface area (Å²) in [5.41, 5.74) is 3.11. The number of aromatic nitrogens is 3. The predicted molar refractivity (Wildman–Crippen MR) is 146 cm³/mol. The molecule has 9 heteroatoms.